The summed E-state index contributed by atoms with van der Waals surface area (Å²) in [7, 11) is 1.57. The summed E-state index contributed by atoms with van der Waals surface area (Å²) < 4.78 is 5.27. The van der Waals surface area contributed by atoms with Crippen molar-refractivity contribution in [3.05, 3.63) is 71.4 Å². The van der Waals surface area contributed by atoms with Gasteiger partial charge in [-0.2, -0.15) is 0 Å². The minimum Gasteiger partial charge on any atom is -0.495 e. The molecule has 132 valence electrons. The van der Waals surface area contributed by atoms with E-state index in [1.54, 1.807) is 37.7 Å². The van der Waals surface area contributed by atoms with Gasteiger partial charge in [-0.15, -0.1) is 0 Å². The van der Waals surface area contributed by atoms with Crippen LogP contribution in [0.4, 0.5) is 11.5 Å². The van der Waals surface area contributed by atoms with Crippen LogP contribution in [-0.4, -0.2) is 28.0 Å². The van der Waals surface area contributed by atoms with Gasteiger partial charge in [0.15, 0.2) is 0 Å². The number of rotatable bonds is 6. The molecule has 1 amide bonds. The summed E-state index contributed by atoms with van der Waals surface area (Å²) in [5.41, 5.74) is 1.83. The monoisotopic (exact) mass is 369 g/mol. The zero-order valence-corrected chi connectivity index (χ0v) is 14.7. The normalized spacial score (nSPS) is 10.2. The van der Waals surface area contributed by atoms with Crippen molar-refractivity contribution in [3.63, 3.8) is 0 Å². The SMILES string of the molecule is COc1ccc(Cl)cc1Nc1cnc(C(=O)NCc2ccncc2)cn1. The van der Waals surface area contributed by atoms with Gasteiger partial charge in [0.2, 0.25) is 0 Å². The fraction of sp³-hybridized carbons (Fsp3) is 0.111. The minimum atomic E-state index is -0.304. The molecular weight excluding hydrogens is 354 g/mol. The van der Waals surface area contributed by atoms with E-state index in [1.165, 1.54) is 12.4 Å². The van der Waals surface area contributed by atoms with Gasteiger partial charge >= 0.3 is 0 Å². The van der Waals surface area contributed by atoms with Gasteiger partial charge in [0.05, 0.1) is 25.2 Å². The molecule has 2 N–H and O–H groups in total. The molecule has 0 aliphatic carbocycles. The molecule has 0 spiro atoms. The van der Waals surface area contributed by atoms with Crippen molar-refractivity contribution in [2.45, 2.75) is 6.54 Å². The fourth-order valence-corrected chi connectivity index (χ4v) is 2.37. The lowest BCUT2D eigenvalue weighted by Gasteiger charge is -2.11. The van der Waals surface area contributed by atoms with Crippen LogP contribution in [0.25, 0.3) is 0 Å². The van der Waals surface area contributed by atoms with Crippen molar-refractivity contribution >= 4 is 29.0 Å². The van der Waals surface area contributed by atoms with Gasteiger partial charge in [-0.3, -0.25) is 9.78 Å². The second-order valence-electron chi connectivity index (χ2n) is 5.29. The Balaban J connectivity index is 1.65. The molecule has 0 saturated carbocycles. The Morgan fingerprint density at radius 1 is 1.15 bits per heavy atom. The number of nitrogens with one attached hydrogen (secondary N) is 2. The first-order valence-corrected chi connectivity index (χ1v) is 8.13. The molecule has 8 heteroatoms. The van der Waals surface area contributed by atoms with Crippen LogP contribution in [0.3, 0.4) is 0 Å². The summed E-state index contributed by atoms with van der Waals surface area (Å²) in [5, 5.41) is 6.41. The average molecular weight is 370 g/mol. The summed E-state index contributed by atoms with van der Waals surface area (Å²) in [6.45, 7) is 0.392. The van der Waals surface area contributed by atoms with Crippen molar-refractivity contribution in [1.82, 2.24) is 20.3 Å². The highest BCUT2D eigenvalue weighted by atomic mass is 35.5. The van der Waals surface area contributed by atoms with Gasteiger partial charge in [-0.25, -0.2) is 9.97 Å². The third-order valence-corrected chi connectivity index (χ3v) is 3.75. The molecule has 26 heavy (non-hydrogen) atoms. The number of benzene rings is 1. The van der Waals surface area contributed by atoms with Crippen LogP contribution in [0.15, 0.2) is 55.1 Å². The quantitative estimate of drug-likeness (QED) is 0.693. The molecule has 0 aliphatic heterocycles. The van der Waals surface area contributed by atoms with Gasteiger partial charge < -0.3 is 15.4 Å². The number of nitrogens with zero attached hydrogens (tertiary/aromatic N) is 3. The van der Waals surface area contributed by atoms with Crippen molar-refractivity contribution in [3.8, 4) is 5.75 Å². The molecule has 0 radical (unpaired) electrons. The number of amides is 1. The lowest BCUT2D eigenvalue weighted by molar-refractivity contribution is 0.0945. The third kappa shape index (κ3) is 4.46. The Hall–Kier alpha value is -3.19. The smallest absolute Gasteiger partial charge is 0.271 e. The molecule has 0 aliphatic rings. The van der Waals surface area contributed by atoms with E-state index in [0.29, 0.717) is 28.8 Å². The predicted molar refractivity (Wildman–Crippen MR) is 98.7 cm³/mol. The molecule has 2 aromatic heterocycles. The van der Waals surface area contributed by atoms with Crippen LogP contribution >= 0.6 is 11.6 Å². The van der Waals surface area contributed by atoms with Gasteiger partial charge in [0.1, 0.15) is 17.3 Å². The molecule has 2 heterocycles. The molecule has 0 atom stereocenters. The molecule has 0 unspecified atom stereocenters. The number of carbonyl (C=O) groups excluding carboxylic acids is 1. The Morgan fingerprint density at radius 2 is 1.96 bits per heavy atom. The van der Waals surface area contributed by atoms with Crippen LogP contribution in [0.1, 0.15) is 16.1 Å². The van der Waals surface area contributed by atoms with E-state index in [4.69, 9.17) is 16.3 Å². The average Bonchev–Trinajstić information content (AvgIpc) is 2.68. The first kappa shape index (κ1) is 17.6. The van der Waals surface area contributed by atoms with Crippen molar-refractivity contribution in [2.75, 3.05) is 12.4 Å². The van der Waals surface area contributed by atoms with Crippen LogP contribution in [0, 0.1) is 0 Å². The van der Waals surface area contributed by atoms with Crippen molar-refractivity contribution in [2.24, 2.45) is 0 Å². The standard InChI is InChI=1S/C18H16ClN5O2/c1-26-16-3-2-13(19)8-14(16)24-17-11-21-15(10-22-17)18(25)23-9-12-4-6-20-7-5-12/h2-8,10-11H,9H2,1H3,(H,22,24)(H,23,25). The highest BCUT2D eigenvalue weighted by molar-refractivity contribution is 6.31. The second kappa shape index (κ2) is 8.26. The zero-order valence-electron chi connectivity index (χ0n) is 13.9. The molecular formula is C18H16ClN5O2. The fourth-order valence-electron chi connectivity index (χ4n) is 2.20. The number of anilines is 2. The Kier molecular flexibility index (Phi) is 5.60. The Labute approximate surface area is 155 Å². The summed E-state index contributed by atoms with van der Waals surface area (Å²) in [5.74, 6) is 0.785. The number of methoxy groups -OCH3 is 1. The topological polar surface area (TPSA) is 89.0 Å². The predicted octanol–water partition coefficient (Wildman–Crippen LogP) is 3.21. The zero-order chi connectivity index (χ0) is 18.4. The Bertz CT molecular complexity index is 888. The molecule has 7 nitrogen and oxygen atoms in total. The molecule has 1 aromatic carbocycles. The lowest BCUT2D eigenvalue weighted by Crippen LogP contribution is -2.24. The lowest BCUT2D eigenvalue weighted by atomic mass is 10.2. The number of pyridine rings is 1. The van der Waals surface area contributed by atoms with E-state index in [9.17, 15) is 4.79 Å². The van der Waals surface area contributed by atoms with Crippen LogP contribution in [0.5, 0.6) is 5.75 Å². The van der Waals surface area contributed by atoms with Crippen molar-refractivity contribution in [1.29, 1.82) is 0 Å². The molecule has 0 fully saturated rings. The number of carbonyl (C=O) groups is 1. The third-order valence-electron chi connectivity index (χ3n) is 3.51. The molecule has 3 rings (SSSR count). The molecule has 3 aromatic rings. The molecule has 0 bridgehead atoms. The number of halogens is 1. The summed E-state index contributed by atoms with van der Waals surface area (Å²) in [6, 6.07) is 8.86. The van der Waals surface area contributed by atoms with E-state index < -0.39 is 0 Å². The Morgan fingerprint density at radius 3 is 2.65 bits per heavy atom. The van der Waals surface area contributed by atoms with Crippen molar-refractivity contribution < 1.29 is 9.53 Å². The molecule has 0 saturated heterocycles. The number of aromatic nitrogens is 3. The summed E-state index contributed by atoms with van der Waals surface area (Å²) in [4.78, 5) is 24.4. The minimum absolute atomic E-state index is 0.225. The van der Waals surface area contributed by atoms with Gasteiger partial charge in [0.25, 0.3) is 5.91 Å². The number of hydrogen-bond acceptors (Lipinski definition) is 6. The first-order chi connectivity index (χ1) is 12.7. The highest BCUT2D eigenvalue weighted by Gasteiger charge is 2.09. The van der Waals surface area contributed by atoms with Crippen LogP contribution in [0.2, 0.25) is 5.02 Å². The first-order valence-electron chi connectivity index (χ1n) is 7.75. The van der Waals surface area contributed by atoms with E-state index in [0.717, 1.165) is 5.56 Å². The maximum absolute atomic E-state index is 12.1. The maximum atomic E-state index is 12.1. The number of ether oxygens (including phenoxy) is 1. The van der Waals surface area contributed by atoms with E-state index in [-0.39, 0.29) is 11.6 Å². The van der Waals surface area contributed by atoms with E-state index in [1.807, 2.05) is 12.1 Å². The van der Waals surface area contributed by atoms with E-state index >= 15 is 0 Å². The van der Waals surface area contributed by atoms with Gasteiger partial charge in [-0.05, 0) is 35.9 Å². The van der Waals surface area contributed by atoms with Crippen LogP contribution in [-0.2, 0) is 6.54 Å². The maximum Gasteiger partial charge on any atom is 0.271 e. The summed E-state index contributed by atoms with van der Waals surface area (Å²) in [6.07, 6.45) is 6.22. The second-order valence-corrected chi connectivity index (χ2v) is 5.73. The largest absolute Gasteiger partial charge is 0.495 e. The van der Waals surface area contributed by atoms with Gasteiger partial charge in [-0.1, -0.05) is 11.6 Å². The van der Waals surface area contributed by atoms with Gasteiger partial charge in [0, 0.05) is 24.0 Å². The summed E-state index contributed by atoms with van der Waals surface area (Å²) >= 11 is 6.00. The van der Waals surface area contributed by atoms with Crippen LogP contribution < -0.4 is 15.4 Å². The highest BCUT2D eigenvalue weighted by Crippen LogP contribution is 2.29. The number of hydrogen-bond donors (Lipinski definition) is 2. The van der Waals surface area contributed by atoms with E-state index in [2.05, 4.69) is 25.6 Å².